The lowest BCUT2D eigenvalue weighted by Crippen LogP contribution is -2.09. The molecule has 4 nitrogen and oxygen atoms in total. The molecule has 1 aromatic carbocycles. The molecular formula is C17H24N4. The zero-order valence-electron chi connectivity index (χ0n) is 13.3. The Bertz CT molecular complexity index is 608. The number of rotatable bonds is 6. The Kier molecular flexibility index (Phi) is 5.14. The van der Waals surface area contributed by atoms with Crippen LogP contribution < -0.4 is 10.6 Å². The van der Waals surface area contributed by atoms with Gasteiger partial charge in [-0.15, -0.1) is 0 Å². The molecule has 0 radical (unpaired) electrons. The fourth-order valence-electron chi connectivity index (χ4n) is 2.22. The fourth-order valence-corrected chi connectivity index (χ4v) is 2.22. The summed E-state index contributed by atoms with van der Waals surface area (Å²) < 4.78 is 0. The van der Waals surface area contributed by atoms with Gasteiger partial charge in [0.15, 0.2) is 0 Å². The minimum atomic E-state index is 0.854. The van der Waals surface area contributed by atoms with Crippen molar-refractivity contribution in [2.24, 2.45) is 0 Å². The van der Waals surface area contributed by atoms with Crippen molar-refractivity contribution >= 4 is 17.3 Å². The summed E-state index contributed by atoms with van der Waals surface area (Å²) >= 11 is 0. The molecule has 2 N–H and O–H groups in total. The van der Waals surface area contributed by atoms with E-state index in [4.69, 9.17) is 0 Å². The van der Waals surface area contributed by atoms with Crippen LogP contribution >= 0.6 is 0 Å². The van der Waals surface area contributed by atoms with E-state index in [1.54, 1.807) is 0 Å². The van der Waals surface area contributed by atoms with Crippen molar-refractivity contribution in [3.8, 4) is 0 Å². The first-order chi connectivity index (χ1) is 10.1. The first-order valence-electron chi connectivity index (χ1n) is 7.59. The van der Waals surface area contributed by atoms with E-state index >= 15 is 0 Å². The van der Waals surface area contributed by atoms with Crippen LogP contribution in [0.5, 0.6) is 0 Å². The van der Waals surface area contributed by atoms with E-state index in [0.717, 1.165) is 48.1 Å². The fraction of sp³-hybridized carbons (Fsp3) is 0.412. The van der Waals surface area contributed by atoms with Crippen LogP contribution in [0, 0.1) is 13.8 Å². The number of hydrogen-bond donors (Lipinski definition) is 2. The minimum Gasteiger partial charge on any atom is -0.370 e. The number of hydrogen-bond acceptors (Lipinski definition) is 4. The predicted molar refractivity (Wildman–Crippen MR) is 89.4 cm³/mol. The molecule has 0 atom stereocenters. The highest BCUT2D eigenvalue weighted by Crippen LogP contribution is 2.24. The molecule has 0 spiro atoms. The molecule has 0 aliphatic carbocycles. The highest BCUT2D eigenvalue weighted by molar-refractivity contribution is 5.65. The molecule has 21 heavy (non-hydrogen) atoms. The van der Waals surface area contributed by atoms with Crippen LogP contribution in [0.4, 0.5) is 17.3 Å². The van der Waals surface area contributed by atoms with Crippen LogP contribution in [0.3, 0.4) is 0 Å². The summed E-state index contributed by atoms with van der Waals surface area (Å²) in [5, 5.41) is 6.74. The quantitative estimate of drug-likeness (QED) is 0.833. The van der Waals surface area contributed by atoms with E-state index in [1.807, 2.05) is 13.0 Å². The molecule has 4 heteroatoms. The number of nitrogens with one attached hydrogen (secondary N) is 2. The molecule has 0 saturated heterocycles. The summed E-state index contributed by atoms with van der Waals surface area (Å²) in [6.07, 6.45) is 1.93. The number of anilines is 3. The molecular weight excluding hydrogens is 260 g/mol. The van der Waals surface area contributed by atoms with Crippen molar-refractivity contribution in [1.29, 1.82) is 0 Å². The molecule has 0 amide bonds. The molecule has 0 bridgehead atoms. The molecule has 0 aliphatic rings. The second-order valence-electron chi connectivity index (χ2n) is 5.24. The first kappa shape index (κ1) is 15.3. The van der Waals surface area contributed by atoms with Crippen molar-refractivity contribution < 1.29 is 0 Å². The highest BCUT2D eigenvalue weighted by atomic mass is 15.1. The van der Waals surface area contributed by atoms with Gasteiger partial charge in [-0.25, -0.2) is 9.97 Å². The molecule has 0 saturated carbocycles. The van der Waals surface area contributed by atoms with Gasteiger partial charge in [-0.05, 0) is 44.9 Å². The summed E-state index contributed by atoms with van der Waals surface area (Å²) in [4.78, 5) is 9.28. The van der Waals surface area contributed by atoms with Crippen LogP contribution in [0.25, 0.3) is 0 Å². The molecule has 0 fully saturated rings. The lowest BCUT2D eigenvalue weighted by Gasteiger charge is -2.14. The molecule has 0 unspecified atom stereocenters. The van der Waals surface area contributed by atoms with Gasteiger partial charge in [0.25, 0.3) is 0 Å². The third-order valence-corrected chi connectivity index (χ3v) is 3.29. The van der Waals surface area contributed by atoms with Gasteiger partial charge in [0, 0.05) is 24.2 Å². The van der Waals surface area contributed by atoms with E-state index in [1.165, 1.54) is 5.56 Å². The van der Waals surface area contributed by atoms with Crippen LogP contribution in [0.2, 0.25) is 0 Å². The maximum atomic E-state index is 4.67. The first-order valence-corrected chi connectivity index (χ1v) is 7.59. The summed E-state index contributed by atoms with van der Waals surface area (Å²) in [6.45, 7) is 9.21. The summed E-state index contributed by atoms with van der Waals surface area (Å²) in [7, 11) is 0. The Morgan fingerprint density at radius 1 is 1.05 bits per heavy atom. The number of nitrogens with zero attached hydrogens (tertiary/aromatic N) is 2. The SMILES string of the molecule is CCCc1nc(NCC)c(C)c(Nc2cccc(C)c2)n1. The maximum absolute atomic E-state index is 4.67. The van der Waals surface area contributed by atoms with Crippen LogP contribution in [0.1, 0.15) is 37.2 Å². The van der Waals surface area contributed by atoms with Crippen LogP contribution in [-0.2, 0) is 6.42 Å². The highest BCUT2D eigenvalue weighted by Gasteiger charge is 2.10. The molecule has 1 aromatic heterocycles. The smallest absolute Gasteiger partial charge is 0.139 e. The summed E-state index contributed by atoms with van der Waals surface area (Å²) in [6, 6.07) is 8.31. The summed E-state index contributed by atoms with van der Waals surface area (Å²) in [5.41, 5.74) is 3.34. The minimum absolute atomic E-state index is 0.854. The van der Waals surface area contributed by atoms with Crippen molar-refractivity contribution in [2.75, 3.05) is 17.2 Å². The second kappa shape index (κ2) is 7.07. The predicted octanol–water partition coefficient (Wildman–Crippen LogP) is 4.22. The maximum Gasteiger partial charge on any atom is 0.139 e. The Balaban J connectivity index is 2.36. The molecule has 112 valence electrons. The van der Waals surface area contributed by atoms with Crippen molar-refractivity contribution in [2.45, 2.75) is 40.5 Å². The van der Waals surface area contributed by atoms with Crippen molar-refractivity contribution in [1.82, 2.24) is 9.97 Å². The van der Waals surface area contributed by atoms with Crippen LogP contribution in [0.15, 0.2) is 24.3 Å². The van der Waals surface area contributed by atoms with E-state index in [2.05, 4.69) is 59.6 Å². The van der Waals surface area contributed by atoms with Gasteiger partial charge in [0.2, 0.25) is 0 Å². The number of aryl methyl sites for hydroxylation is 2. The average Bonchev–Trinajstić information content (AvgIpc) is 2.44. The molecule has 1 heterocycles. The molecule has 2 rings (SSSR count). The van der Waals surface area contributed by atoms with Gasteiger partial charge in [-0.1, -0.05) is 19.1 Å². The van der Waals surface area contributed by atoms with Gasteiger partial charge in [0.05, 0.1) is 0 Å². The normalized spacial score (nSPS) is 10.5. The zero-order valence-corrected chi connectivity index (χ0v) is 13.3. The van der Waals surface area contributed by atoms with Crippen molar-refractivity contribution in [3.63, 3.8) is 0 Å². The van der Waals surface area contributed by atoms with E-state index in [-0.39, 0.29) is 0 Å². The zero-order chi connectivity index (χ0) is 15.2. The van der Waals surface area contributed by atoms with E-state index < -0.39 is 0 Å². The third kappa shape index (κ3) is 3.94. The van der Waals surface area contributed by atoms with Gasteiger partial charge < -0.3 is 10.6 Å². The Morgan fingerprint density at radius 2 is 1.81 bits per heavy atom. The molecule has 2 aromatic rings. The van der Waals surface area contributed by atoms with Crippen molar-refractivity contribution in [3.05, 3.63) is 41.2 Å². The lowest BCUT2D eigenvalue weighted by atomic mass is 10.2. The monoisotopic (exact) mass is 284 g/mol. The van der Waals surface area contributed by atoms with E-state index in [0.29, 0.717) is 0 Å². The molecule has 0 aliphatic heterocycles. The number of aromatic nitrogens is 2. The number of benzene rings is 1. The van der Waals surface area contributed by atoms with Gasteiger partial charge in [-0.2, -0.15) is 0 Å². The Labute approximate surface area is 127 Å². The van der Waals surface area contributed by atoms with Gasteiger partial charge >= 0.3 is 0 Å². The largest absolute Gasteiger partial charge is 0.370 e. The van der Waals surface area contributed by atoms with Gasteiger partial charge in [-0.3, -0.25) is 0 Å². The Morgan fingerprint density at radius 3 is 2.48 bits per heavy atom. The third-order valence-electron chi connectivity index (χ3n) is 3.29. The standard InChI is InChI=1S/C17H24N4/c1-5-8-15-20-16(18-6-2)13(4)17(21-15)19-14-10-7-9-12(3)11-14/h7,9-11H,5-6,8H2,1-4H3,(H2,18,19,20,21). The summed E-state index contributed by atoms with van der Waals surface area (Å²) in [5.74, 6) is 2.69. The topological polar surface area (TPSA) is 49.8 Å². The Hall–Kier alpha value is -2.10. The van der Waals surface area contributed by atoms with Gasteiger partial charge in [0.1, 0.15) is 17.5 Å². The van der Waals surface area contributed by atoms with Crippen LogP contribution in [-0.4, -0.2) is 16.5 Å². The second-order valence-corrected chi connectivity index (χ2v) is 5.24. The van der Waals surface area contributed by atoms with E-state index in [9.17, 15) is 0 Å². The average molecular weight is 284 g/mol. The lowest BCUT2D eigenvalue weighted by molar-refractivity contribution is 0.833.